The first-order valence-corrected chi connectivity index (χ1v) is 7.82. The number of guanidine groups is 1. The van der Waals surface area contributed by atoms with Crippen LogP contribution in [-0.4, -0.2) is 72.4 Å². The Labute approximate surface area is 133 Å². The fraction of sp³-hybridized carbons (Fsp3) is 0.800. The highest BCUT2D eigenvalue weighted by Gasteiger charge is 2.21. The van der Waals surface area contributed by atoms with Crippen molar-refractivity contribution >= 4 is 17.8 Å². The molecule has 0 aromatic carbocycles. The monoisotopic (exact) mass is 311 g/mol. The van der Waals surface area contributed by atoms with Gasteiger partial charge in [0.05, 0.1) is 0 Å². The molecule has 0 saturated carbocycles. The number of carbonyl (C=O) groups is 2. The van der Waals surface area contributed by atoms with Crippen LogP contribution in [-0.2, 0) is 9.59 Å². The fourth-order valence-electron chi connectivity index (χ4n) is 2.26. The molecule has 1 aliphatic rings. The van der Waals surface area contributed by atoms with Crippen molar-refractivity contribution in [1.29, 1.82) is 0 Å². The zero-order valence-electron chi connectivity index (χ0n) is 14.4. The summed E-state index contributed by atoms with van der Waals surface area (Å²) < 4.78 is 0. The zero-order chi connectivity index (χ0) is 16.8. The van der Waals surface area contributed by atoms with Crippen LogP contribution >= 0.6 is 0 Å². The third-order valence-electron chi connectivity index (χ3n) is 3.25. The molecule has 2 amide bonds. The maximum atomic E-state index is 11.9. The minimum absolute atomic E-state index is 0.0923. The number of hydrogen-bond acceptors (Lipinski definition) is 3. The van der Waals surface area contributed by atoms with E-state index in [1.807, 2.05) is 32.6 Å². The summed E-state index contributed by atoms with van der Waals surface area (Å²) in [5.41, 5.74) is -0.252. The topological polar surface area (TPSA) is 77.0 Å². The summed E-state index contributed by atoms with van der Waals surface area (Å²) in [6, 6.07) is 0. The van der Waals surface area contributed by atoms with Gasteiger partial charge >= 0.3 is 0 Å². The van der Waals surface area contributed by atoms with Crippen LogP contribution in [0.2, 0.25) is 0 Å². The number of rotatable bonds is 3. The lowest BCUT2D eigenvalue weighted by Crippen LogP contribution is -2.53. The highest BCUT2D eigenvalue weighted by atomic mass is 16.2. The summed E-state index contributed by atoms with van der Waals surface area (Å²) in [5.74, 6) is 0.742. The summed E-state index contributed by atoms with van der Waals surface area (Å²) >= 11 is 0. The van der Waals surface area contributed by atoms with E-state index in [0.717, 1.165) is 25.6 Å². The van der Waals surface area contributed by atoms with Crippen molar-refractivity contribution in [2.75, 3.05) is 39.3 Å². The van der Waals surface area contributed by atoms with Gasteiger partial charge in [-0.3, -0.25) is 9.59 Å². The van der Waals surface area contributed by atoms with Crippen molar-refractivity contribution < 1.29 is 9.59 Å². The van der Waals surface area contributed by atoms with Gasteiger partial charge in [0, 0.05) is 45.2 Å². The summed E-state index contributed by atoms with van der Waals surface area (Å²) in [4.78, 5) is 31.6. The van der Waals surface area contributed by atoms with E-state index in [1.54, 1.807) is 6.92 Å². The molecule has 1 saturated heterocycles. The molecule has 0 aliphatic carbocycles. The maximum Gasteiger partial charge on any atom is 0.242 e. The molecule has 7 heteroatoms. The summed E-state index contributed by atoms with van der Waals surface area (Å²) in [6.45, 7) is 13.1. The molecule has 7 nitrogen and oxygen atoms in total. The molecule has 1 heterocycles. The van der Waals surface area contributed by atoms with Gasteiger partial charge in [-0.1, -0.05) is 0 Å². The van der Waals surface area contributed by atoms with Crippen LogP contribution in [0, 0.1) is 0 Å². The highest BCUT2D eigenvalue weighted by molar-refractivity contribution is 5.85. The average molecular weight is 311 g/mol. The molecule has 1 aliphatic heterocycles. The van der Waals surface area contributed by atoms with Crippen LogP contribution < -0.4 is 10.6 Å². The lowest BCUT2D eigenvalue weighted by molar-refractivity contribution is -0.130. The predicted octanol–water partition coefficient (Wildman–Crippen LogP) is 0.0307. The molecule has 0 unspecified atom stereocenters. The Morgan fingerprint density at radius 3 is 2.09 bits per heavy atom. The summed E-state index contributed by atoms with van der Waals surface area (Å²) in [7, 11) is 0. The van der Waals surface area contributed by atoms with Gasteiger partial charge in [0.1, 0.15) is 6.54 Å². The van der Waals surface area contributed by atoms with Gasteiger partial charge in [0.25, 0.3) is 0 Å². The second kappa shape index (κ2) is 8.00. The number of aliphatic imine (C=N–C) groups is 1. The molecule has 2 N–H and O–H groups in total. The number of piperazine rings is 1. The van der Waals surface area contributed by atoms with Gasteiger partial charge in [-0.15, -0.1) is 0 Å². The SMILES string of the molecule is CCNC(=NCC(=O)NC(C)(C)C)N1CCN(C(C)=O)CC1. The third kappa shape index (κ3) is 6.32. The quantitative estimate of drug-likeness (QED) is 0.569. The highest BCUT2D eigenvalue weighted by Crippen LogP contribution is 2.03. The van der Waals surface area contributed by atoms with Gasteiger partial charge in [-0.2, -0.15) is 0 Å². The molecule has 0 bridgehead atoms. The largest absolute Gasteiger partial charge is 0.357 e. The molecule has 1 rings (SSSR count). The van der Waals surface area contributed by atoms with Crippen molar-refractivity contribution in [1.82, 2.24) is 20.4 Å². The van der Waals surface area contributed by atoms with E-state index in [0.29, 0.717) is 13.1 Å². The van der Waals surface area contributed by atoms with Crippen LogP contribution in [0.15, 0.2) is 4.99 Å². The lowest BCUT2D eigenvalue weighted by atomic mass is 10.1. The lowest BCUT2D eigenvalue weighted by Gasteiger charge is -2.36. The molecule has 0 radical (unpaired) electrons. The molecule has 1 fully saturated rings. The molecule has 0 spiro atoms. The van der Waals surface area contributed by atoms with Crippen LogP contribution in [0.5, 0.6) is 0 Å². The second-order valence-corrected chi connectivity index (χ2v) is 6.46. The molecule has 126 valence electrons. The zero-order valence-corrected chi connectivity index (χ0v) is 14.4. The van der Waals surface area contributed by atoms with Crippen LogP contribution in [0.25, 0.3) is 0 Å². The number of carbonyl (C=O) groups excluding carboxylic acids is 2. The summed E-state index contributed by atoms with van der Waals surface area (Å²) in [5, 5.41) is 6.10. The molecule has 0 atom stereocenters. The van der Waals surface area contributed by atoms with Crippen LogP contribution in [0.1, 0.15) is 34.6 Å². The Kier molecular flexibility index (Phi) is 6.64. The summed E-state index contributed by atoms with van der Waals surface area (Å²) in [6.07, 6.45) is 0. The number of nitrogens with one attached hydrogen (secondary N) is 2. The molecular weight excluding hydrogens is 282 g/mol. The Balaban J connectivity index is 2.60. The number of hydrogen-bond donors (Lipinski definition) is 2. The van der Waals surface area contributed by atoms with E-state index in [2.05, 4.69) is 20.5 Å². The predicted molar refractivity (Wildman–Crippen MR) is 87.7 cm³/mol. The Morgan fingerprint density at radius 2 is 1.64 bits per heavy atom. The van der Waals surface area contributed by atoms with Crippen molar-refractivity contribution in [3.8, 4) is 0 Å². The molecular formula is C15H29N5O2. The Morgan fingerprint density at radius 1 is 1.09 bits per heavy atom. The third-order valence-corrected chi connectivity index (χ3v) is 3.25. The number of amides is 2. The minimum Gasteiger partial charge on any atom is -0.357 e. The van der Waals surface area contributed by atoms with E-state index in [4.69, 9.17) is 0 Å². The van der Waals surface area contributed by atoms with E-state index in [-0.39, 0.29) is 23.9 Å². The fourth-order valence-corrected chi connectivity index (χ4v) is 2.26. The minimum atomic E-state index is -0.252. The first-order valence-electron chi connectivity index (χ1n) is 7.82. The molecule has 0 aromatic rings. The van der Waals surface area contributed by atoms with Crippen molar-refractivity contribution in [2.45, 2.75) is 40.2 Å². The van der Waals surface area contributed by atoms with Crippen molar-refractivity contribution in [3.63, 3.8) is 0 Å². The first-order chi connectivity index (χ1) is 10.2. The molecule has 22 heavy (non-hydrogen) atoms. The molecule has 0 aromatic heterocycles. The Bertz CT molecular complexity index is 420. The van der Waals surface area contributed by atoms with Crippen molar-refractivity contribution in [3.05, 3.63) is 0 Å². The first kappa shape index (κ1) is 18.3. The van der Waals surface area contributed by atoms with Gasteiger partial charge in [-0.05, 0) is 27.7 Å². The van der Waals surface area contributed by atoms with Crippen molar-refractivity contribution in [2.24, 2.45) is 4.99 Å². The van der Waals surface area contributed by atoms with E-state index >= 15 is 0 Å². The Hall–Kier alpha value is -1.79. The normalized spacial score (nSPS) is 16.5. The number of nitrogens with zero attached hydrogens (tertiary/aromatic N) is 3. The average Bonchev–Trinajstić information content (AvgIpc) is 2.41. The van der Waals surface area contributed by atoms with Gasteiger partial charge in [0.15, 0.2) is 5.96 Å². The van der Waals surface area contributed by atoms with E-state index in [1.165, 1.54) is 0 Å². The van der Waals surface area contributed by atoms with Crippen LogP contribution in [0.3, 0.4) is 0 Å². The van der Waals surface area contributed by atoms with Gasteiger partial charge < -0.3 is 20.4 Å². The van der Waals surface area contributed by atoms with Gasteiger partial charge in [0.2, 0.25) is 11.8 Å². The van der Waals surface area contributed by atoms with Gasteiger partial charge in [-0.25, -0.2) is 4.99 Å². The van der Waals surface area contributed by atoms with E-state index < -0.39 is 0 Å². The maximum absolute atomic E-state index is 11.9. The second-order valence-electron chi connectivity index (χ2n) is 6.46. The van der Waals surface area contributed by atoms with Crippen LogP contribution in [0.4, 0.5) is 0 Å². The van der Waals surface area contributed by atoms with E-state index in [9.17, 15) is 9.59 Å². The smallest absolute Gasteiger partial charge is 0.242 e. The standard InChI is InChI=1S/C15H29N5O2/c1-6-16-14(17-11-13(22)18-15(3,4)5)20-9-7-19(8-10-20)12(2)21/h6-11H2,1-5H3,(H,16,17)(H,18,22).